The summed E-state index contributed by atoms with van der Waals surface area (Å²) < 4.78 is 12.2. The fourth-order valence-corrected chi connectivity index (χ4v) is 7.93. The van der Waals surface area contributed by atoms with Gasteiger partial charge in [0, 0.05) is 12.5 Å². The average molecular weight is 387 g/mol. The zero-order valence-corrected chi connectivity index (χ0v) is 17.8. The summed E-state index contributed by atoms with van der Waals surface area (Å²) in [5.41, 5.74) is 2.05. The molecule has 0 amide bonds. The Balaban J connectivity index is 1.29. The highest BCUT2D eigenvalue weighted by Crippen LogP contribution is 2.62. The minimum Gasteiger partial charge on any atom is -0.353 e. The minimum atomic E-state index is 0.0393. The lowest BCUT2D eigenvalue weighted by molar-refractivity contribution is -0.194. The van der Waals surface area contributed by atoms with Crippen LogP contribution in [0.25, 0.3) is 0 Å². The van der Waals surface area contributed by atoms with E-state index in [4.69, 9.17) is 9.47 Å². The predicted molar refractivity (Wildman–Crippen MR) is 110 cm³/mol. The van der Waals surface area contributed by atoms with Crippen LogP contribution < -0.4 is 0 Å². The predicted octanol–water partition coefficient (Wildman–Crippen LogP) is 5.68. The van der Waals surface area contributed by atoms with Crippen molar-refractivity contribution in [3.05, 3.63) is 11.6 Å². The third kappa shape index (κ3) is 3.21. The third-order valence-corrected chi connectivity index (χ3v) is 9.38. The second-order valence-corrected chi connectivity index (χ2v) is 10.6. The standard InChI is InChI=1S/C25H38O3/c1-16(26)19-8-9-21-20(19)10-11-23-22(21)7-6-17-15-18(12-13-25(17,23)2)28-24-5-3-4-14-27-24/h6,18-24H,3-5,7-15H2,1-2H3/t18-,19+,20+,21+,22-,23-,24?,25-/m0/s1. The van der Waals surface area contributed by atoms with Crippen LogP contribution in [0.1, 0.15) is 84.5 Å². The van der Waals surface area contributed by atoms with E-state index in [0.717, 1.165) is 43.6 Å². The first-order chi connectivity index (χ1) is 13.6. The van der Waals surface area contributed by atoms with Crippen molar-refractivity contribution in [1.82, 2.24) is 0 Å². The Hall–Kier alpha value is -0.670. The Labute approximate surface area is 170 Å². The Morgan fingerprint density at radius 2 is 1.93 bits per heavy atom. The van der Waals surface area contributed by atoms with Gasteiger partial charge in [-0.2, -0.15) is 0 Å². The van der Waals surface area contributed by atoms with Crippen molar-refractivity contribution in [3.63, 3.8) is 0 Å². The molecular weight excluding hydrogens is 348 g/mol. The van der Waals surface area contributed by atoms with Gasteiger partial charge in [0.05, 0.1) is 6.10 Å². The first kappa shape index (κ1) is 19.3. The van der Waals surface area contributed by atoms with Crippen LogP contribution in [0.4, 0.5) is 0 Å². The van der Waals surface area contributed by atoms with E-state index in [1.165, 1.54) is 51.4 Å². The number of ether oxygens (including phenoxy) is 2. The fourth-order valence-electron chi connectivity index (χ4n) is 7.93. The van der Waals surface area contributed by atoms with Crippen molar-refractivity contribution in [3.8, 4) is 0 Å². The van der Waals surface area contributed by atoms with Gasteiger partial charge in [0.15, 0.2) is 6.29 Å². The molecule has 1 unspecified atom stereocenters. The van der Waals surface area contributed by atoms with Crippen molar-refractivity contribution in [2.24, 2.45) is 35.0 Å². The van der Waals surface area contributed by atoms with Gasteiger partial charge in [-0.05, 0) is 107 Å². The molecule has 28 heavy (non-hydrogen) atoms. The molecule has 3 saturated carbocycles. The molecule has 3 nitrogen and oxygen atoms in total. The Morgan fingerprint density at radius 3 is 2.71 bits per heavy atom. The number of fused-ring (bicyclic) bond motifs is 5. The molecule has 5 rings (SSSR count). The molecule has 4 aliphatic carbocycles. The van der Waals surface area contributed by atoms with Crippen LogP contribution in [0.3, 0.4) is 0 Å². The first-order valence-electron chi connectivity index (χ1n) is 12.0. The van der Waals surface area contributed by atoms with Crippen LogP contribution in [0.5, 0.6) is 0 Å². The zero-order chi connectivity index (χ0) is 19.3. The maximum Gasteiger partial charge on any atom is 0.157 e. The number of hydrogen-bond donors (Lipinski definition) is 0. The lowest BCUT2D eigenvalue weighted by Crippen LogP contribution is -2.48. The molecule has 8 atom stereocenters. The topological polar surface area (TPSA) is 35.5 Å². The Bertz CT molecular complexity index is 634. The Kier molecular flexibility index (Phi) is 5.20. The van der Waals surface area contributed by atoms with Crippen LogP contribution in [-0.2, 0) is 14.3 Å². The van der Waals surface area contributed by atoms with Gasteiger partial charge in [-0.15, -0.1) is 0 Å². The molecule has 4 fully saturated rings. The van der Waals surface area contributed by atoms with Gasteiger partial charge in [0.1, 0.15) is 5.78 Å². The SMILES string of the molecule is CC(=O)[C@H]1CC[C@@H]2[C@@H]1CC[C@H]1[C@H]2CC=C2C[C@@H](OC3CCCCO3)CC[C@@]21C. The highest BCUT2D eigenvalue weighted by atomic mass is 16.7. The third-order valence-electron chi connectivity index (χ3n) is 9.38. The molecule has 0 spiro atoms. The number of carbonyl (C=O) groups is 1. The van der Waals surface area contributed by atoms with Gasteiger partial charge < -0.3 is 9.47 Å². The van der Waals surface area contributed by atoms with E-state index in [9.17, 15) is 4.79 Å². The van der Waals surface area contributed by atoms with Crippen molar-refractivity contribution in [2.75, 3.05) is 6.61 Å². The average Bonchev–Trinajstić information content (AvgIpc) is 3.14. The quantitative estimate of drug-likeness (QED) is 0.586. The second-order valence-electron chi connectivity index (χ2n) is 10.6. The summed E-state index contributed by atoms with van der Waals surface area (Å²) in [5.74, 6) is 3.94. The maximum atomic E-state index is 12.1. The van der Waals surface area contributed by atoms with Crippen molar-refractivity contribution >= 4 is 5.78 Å². The molecule has 0 N–H and O–H groups in total. The van der Waals surface area contributed by atoms with Crippen LogP contribution >= 0.6 is 0 Å². The van der Waals surface area contributed by atoms with E-state index in [1.54, 1.807) is 5.57 Å². The summed E-state index contributed by atoms with van der Waals surface area (Å²) in [6.45, 7) is 5.25. The molecule has 5 aliphatic rings. The highest BCUT2D eigenvalue weighted by Gasteiger charge is 2.54. The number of rotatable bonds is 3. The Morgan fingerprint density at radius 1 is 1.07 bits per heavy atom. The highest BCUT2D eigenvalue weighted by molar-refractivity contribution is 5.79. The summed E-state index contributed by atoms with van der Waals surface area (Å²) >= 11 is 0. The summed E-state index contributed by atoms with van der Waals surface area (Å²) in [6, 6.07) is 0. The second kappa shape index (κ2) is 7.54. The normalized spacial score (nSPS) is 48.2. The van der Waals surface area contributed by atoms with E-state index in [0.29, 0.717) is 29.1 Å². The van der Waals surface area contributed by atoms with Crippen LogP contribution in [0, 0.1) is 35.0 Å². The lowest BCUT2D eigenvalue weighted by Gasteiger charge is -2.55. The van der Waals surface area contributed by atoms with Crippen LogP contribution in [-0.4, -0.2) is 24.8 Å². The van der Waals surface area contributed by atoms with Gasteiger partial charge in [0.25, 0.3) is 0 Å². The number of carbonyl (C=O) groups excluding carboxylic acids is 1. The van der Waals surface area contributed by atoms with Crippen molar-refractivity contribution in [2.45, 2.75) is 96.9 Å². The first-order valence-corrected chi connectivity index (χ1v) is 12.0. The van der Waals surface area contributed by atoms with Crippen LogP contribution in [0.2, 0.25) is 0 Å². The minimum absolute atomic E-state index is 0.0393. The van der Waals surface area contributed by atoms with Gasteiger partial charge in [-0.1, -0.05) is 18.6 Å². The number of hydrogen-bond acceptors (Lipinski definition) is 3. The van der Waals surface area contributed by atoms with E-state index >= 15 is 0 Å². The summed E-state index contributed by atoms with van der Waals surface area (Å²) in [6.07, 6.45) is 16.4. The summed E-state index contributed by atoms with van der Waals surface area (Å²) in [7, 11) is 0. The van der Waals surface area contributed by atoms with E-state index in [1.807, 2.05) is 6.92 Å². The molecule has 1 aliphatic heterocycles. The van der Waals surface area contributed by atoms with Crippen LogP contribution in [0.15, 0.2) is 11.6 Å². The molecular formula is C25H38O3. The number of Topliss-reactive ketones (excluding diaryl/α,β-unsaturated/α-hetero) is 1. The maximum absolute atomic E-state index is 12.1. The molecule has 0 aromatic rings. The molecule has 0 radical (unpaired) electrons. The smallest absolute Gasteiger partial charge is 0.157 e. The van der Waals surface area contributed by atoms with E-state index in [2.05, 4.69) is 13.0 Å². The molecule has 0 aromatic heterocycles. The summed E-state index contributed by atoms with van der Waals surface area (Å²) in [5, 5.41) is 0. The molecule has 3 heteroatoms. The van der Waals surface area contributed by atoms with Crippen molar-refractivity contribution in [1.29, 1.82) is 0 Å². The molecule has 1 heterocycles. The van der Waals surface area contributed by atoms with E-state index in [-0.39, 0.29) is 6.29 Å². The largest absolute Gasteiger partial charge is 0.353 e. The molecule has 0 bridgehead atoms. The monoisotopic (exact) mass is 386 g/mol. The van der Waals surface area contributed by atoms with Crippen molar-refractivity contribution < 1.29 is 14.3 Å². The van der Waals surface area contributed by atoms with E-state index < -0.39 is 0 Å². The molecule has 1 saturated heterocycles. The summed E-state index contributed by atoms with van der Waals surface area (Å²) in [4.78, 5) is 12.1. The van der Waals surface area contributed by atoms with Gasteiger partial charge in [0.2, 0.25) is 0 Å². The molecule has 0 aromatic carbocycles. The number of allylic oxidation sites excluding steroid dienone is 1. The van der Waals surface area contributed by atoms with Gasteiger partial charge in [-0.3, -0.25) is 4.79 Å². The number of ketones is 1. The van der Waals surface area contributed by atoms with Gasteiger partial charge >= 0.3 is 0 Å². The lowest BCUT2D eigenvalue weighted by atomic mass is 9.50. The fraction of sp³-hybridized carbons (Fsp3) is 0.880. The molecule has 156 valence electrons. The zero-order valence-electron chi connectivity index (χ0n) is 17.8. The van der Waals surface area contributed by atoms with Gasteiger partial charge in [-0.25, -0.2) is 0 Å².